The second-order valence-electron chi connectivity index (χ2n) is 6.82. The van der Waals surface area contributed by atoms with Crippen molar-refractivity contribution in [2.45, 2.75) is 43.7 Å². The van der Waals surface area contributed by atoms with Crippen LogP contribution in [0.15, 0.2) is 24.7 Å². The Balaban J connectivity index is 0.00000182. The lowest BCUT2D eigenvalue weighted by atomic mass is 9.86. The Hall–Kier alpha value is -1.86. The highest BCUT2D eigenvalue weighted by molar-refractivity contribution is 5.85. The van der Waals surface area contributed by atoms with Crippen molar-refractivity contribution >= 4 is 18.3 Å². The van der Waals surface area contributed by atoms with E-state index in [1.807, 2.05) is 34.9 Å². The molecule has 7 nitrogen and oxygen atoms in total. The molecule has 0 bridgehead atoms. The molecule has 0 spiro atoms. The predicted octanol–water partition coefficient (Wildman–Crippen LogP) is 1.31. The van der Waals surface area contributed by atoms with E-state index in [4.69, 9.17) is 0 Å². The van der Waals surface area contributed by atoms with Gasteiger partial charge in [0.2, 0.25) is 5.91 Å². The summed E-state index contributed by atoms with van der Waals surface area (Å²) in [6, 6.07) is 1.94. The zero-order chi connectivity index (χ0) is 16.6. The van der Waals surface area contributed by atoms with Crippen LogP contribution in [0, 0.1) is 0 Å². The first-order valence-electron chi connectivity index (χ1n) is 8.73. The zero-order valence-electron chi connectivity index (χ0n) is 14.4. The summed E-state index contributed by atoms with van der Waals surface area (Å²) >= 11 is 0. The Morgan fingerprint density at radius 2 is 2.16 bits per heavy atom. The van der Waals surface area contributed by atoms with E-state index in [0.717, 1.165) is 45.2 Å². The van der Waals surface area contributed by atoms with Gasteiger partial charge in [-0.25, -0.2) is 0 Å². The maximum Gasteiger partial charge on any atom is 0.248 e. The third kappa shape index (κ3) is 3.06. The average molecular weight is 365 g/mol. The van der Waals surface area contributed by atoms with Gasteiger partial charge < -0.3 is 10.6 Å². The van der Waals surface area contributed by atoms with Crippen molar-refractivity contribution in [1.82, 2.24) is 30.2 Å². The topological polar surface area (TPSA) is 76.8 Å². The number of fused-ring (bicyclic) bond motifs is 1. The van der Waals surface area contributed by atoms with E-state index in [1.165, 1.54) is 11.3 Å². The molecular formula is C17H25ClN6O. The molecule has 0 saturated carbocycles. The minimum Gasteiger partial charge on any atom is -0.347 e. The normalized spacial score (nSPS) is 21.9. The van der Waals surface area contributed by atoms with Crippen LogP contribution in [-0.4, -0.2) is 38.6 Å². The average Bonchev–Trinajstić information content (AvgIpc) is 3.27. The van der Waals surface area contributed by atoms with E-state index >= 15 is 0 Å². The summed E-state index contributed by atoms with van der Waals surface area (Å²) in [6.07, 6.45) is 10.2. The van der Waals surface area contributed by atoms with Crippen LogP contribution in [0.5, 0.6) is 0 Å². The summed E-state index contributed by atoms with van der Waals surface area (Å²) in [5, 5.41) is 15.4. The number of aromatic nitrogens is 4. The van der Waals surface area contributed by atoms with Gasteiger partial charge in [0, 0.05) is 30.7 Å². The molecule has 2 N–H and O–H groups in total. The molecule has 3 heterocycles. The summed E-state index contributed by atoms with van der Waals surface area (Å²) in [5.74, 6) is 0.0782. The zero-order valence-corrected chi connectivity index (χ0v) is 15.3. The van der Waals surface area contributed by atoms with Gasteiger partial charge >= 0.3 is 0 Å². The number of rotatable bonds is 3. The Bertz CT molecular complexity index is 720. The number of hydrogen-bond acceptors (Lipinski definition) is 4. The quantitative estimate of drug-likeness (QED) is 0.861. The highest BCUT2D eigenvalue weighted by Crippen LogP contribution is 2.32. The van der Waals surface area contributed by atoms with Crippen molar-refractivity contribution < 1.29 is 4.79 Å². The molecule has 2 aliphatic rings. The van der Waals surface area contributed by atoms with Gasteiger partial charge in [0.15, 0.2) is 0 Å². The lowest BCUT2D eigenvalue weighted by Crippen LogP contribution is -2.55. The van der Waals surface area contributed by atoms with Crippen LogP contribution in [0.25, 0.3) is 0 Å². The Labute approximate surface area is 153 Å². The van der Waals surface area contributed by atoms with Crippen LogP contribution in [-0.2, 0) is 23.8 Å². The fourth-order valence-corrected chi connectivity index (χ4v) is 4.07. The molecule has 1 unspecified atom stereocenters. The van der Waals surface area contributed by atoms with Crippen LogP contribution in [0.3, 0.4) is 0 Å². The highest BCUT2D eigenvalue weighted by Gasteiger charge is 2.43. The van der Waals surface area contributed by atoms with Gasteiger partial charge in [0.25, 0.3) is 0 Å². The number of carbonyl (C=O) groups excluding carboxylic acids is 1. The molecule has 0 aromatic carbocycles. The van der Waals surface area contributed by atoms with E-state index < -0.39 is 5.54 Å². The fourth-order valence-electron chi connectivity index (χ4n) is 4.07. The van der Waals surface area contributed by atoms with Crippen molar-refractivity contribution in [3.8, 4) is 0 Å². The predicted molar refractivity (Wildman–Crippen MR) is 96.6 cm³/mol. The largest absolute Gasteiger partial charge is 0.347 e. The monoisotopic (exact) mass is 364 g/mol. The molecule has 1 amide bonds. The van der Waals surface area contributed by atoms with Crippen LogP contribution in [0.2, 0.25) is 0 Å². The van der Waals surface area contributed by atoms with Gasteiger partial charge in [-0.3, -0.25) is 14.2 Å². The van der Waals surface area contributed by atoms with Crippen molar-refractivity contribution in [1.29, 1.82) is 0 Å². The van der Waals surface area contributed by atoms with Crippen LogP contribution in [0.4, 0.5) is 0 Å². The number of hydrogen-bond donors (Lipinski definition) is 2. The summed E-state index contributed by atoms with van der Waals surface area (Å²) in [4.78, 5) is 13.3. The van der Waals surface area contributed by atoms with Gasteiger partial charge in [-0.15, -0.1) is 12.4 Å². The molecular weight excluding hydrogens is 340 g/mol. The second kappa shape index (κ2) is 7.17. The van der Waals surface area contributed by atoms with Crippen molar-refractivity contribution in [3.63, 3.8) is 0 Å². The number of aryl methyl sites for hydroxylation is 1. The minimum absolute atomic E-state index is 0. The van der Waals surface area contributed by atoms with Crippen molar-refractivity contribution in [3.05, 3.63) is 35.9 Å². The lowest BCUT2D eigenvalue weighted by Gasteiger charge is -2.38. The maximum atomic E-state index is 13.3. The van der Waals surface area contributed by atoms with Gasteiger partial charge in [-0.2, -0.15) is 10.2 Å². The lowest BCUT2D eigenvalue weighted by molar-refractivity contribution is -0.133. The second-order valence-corrected chi connectivity index (χ2v) is 6.82. The van der Waals surface area contributed by atoms with Gasteiger partial charge in [0.05, 0.1) is 12.2 Å². The van der Waals surface area contributed by atoms with Gasteiger partial charge in [-0.1, -0.05) is 0 Å². The molecule has 8 heteroatoms. The first kappa shape index (κ1) is 17.9. The fraction of sp³-hybridized carbons (Fsp3) is 0.588. The molecule has 1 fully saturated rings. The number of amides is 1. The molecule has 2 aromatic rings. The number of nitrogens with one attached hydrogen (secondary N) is 2. The first-order chi connectivity index (χ1) is 11.7. The smallest absolute Gasteiger partial charge is 0.248 e. The Kier molecular flexibility index (Phi) is 5.15. The van der Waals surface area contributed by atoms with E-state index in [0.29, 0.717) is 0 Å². The molecule has 1 aliphatic carbocycles. The summed E-state index contributed by atoms with van der Waals surface area (Å²) < 4.78 is 3.78. The molecule has 1 atom stereocenters. The highest BCUT2D eigenvalue weighted by atomic mass is 35.5. The number of halogens is 1. The summed E-state index contributed by atoms with van der Waals surface area (Å²) in [5.41, 5.74) is 1.82. The van der Waals surface area contributed by atoms with Gasteiger partial charge in [0.1, 0.15) is 5.54 Å². The first-order valence-corrected chi connectivity index (χ1v) is 8.73. The Morgan fingerprint density at radius 3 is 2.88 bits per heavy atom. The number of nitrogens with zero attached hydrogens (tertiary/aromatic N) is 4. The third-order valence-corrected chi connectivity index (χ3v) is 5.48. The standard InChI is InChI=1S/C17H24N6O.ClH/c1-22-15-5-2-4-14(13(15)12-20-22)21-16(24)17(6-9-18-10-7-17)23-11-3-8-19-23;/h3,8,11-12,14,18H,2,4-7,9-10H2,1H3,(H,21,24);1H. The SMILES string of the molecule is Cl.Cn1ncc2c1CCCC2NC(=O)C1(n2cccn2)CCNCC1. The number of carbonyl (C=O) groups is 1. The molecule has 2 aromatic heterocycles. The molecule has 1 aliphatic heterocycles. The third-order valence-electron chi connectivity index (χ3n) is 5.48. The Morgan fingerprint density at radius 1 is 1.36 bits per heavy atom. The van der Waals surface area contributed by atoms with E-state index in [9.17, 15) is 4.79 Å². The molecule has 0 radical (unpaired) electrons. The molecule has 25 heavy (non-hydrogen) atoms. The summed E-state index contributed by atoms with van der Waals surface area (Å²) in [6.45, 7) is 1.66. The molecule has 4 rings (SSSR count). The van der Waals surface area contributed by atoms with E-state index in [-0.39, 0.29) is 24.4 Å². The maximum absolute atomic E-state index is 13.3. The van der Waals surface area contributed by atoms with Crippen LogP contribution in [0.1, 0.15) is 43.0 Å². The van der Waals surface area contributed by atoms with E-state index in [1.54, 1.807) is 6.20 Å². The van der Waals surface area contributed by atoms with Crippen LogP contribution < -0.4 is 10.6 Å². The van der Waals surface area contributed by atoms with Crippen molar-refractivity contribution in [2.24, 2.45) is 7.05 Å². The molecule has 136 valence electrons. The molecule has 1 saturated heterocycles. The van der Waals surface area contributed by atoms with E-state index in [2.05, 4.69) is 20.8 Å². The minimum atomic E-state index is -0.589. The van der Waals surface area contributed by atoms with Gasteiger partial charge in [-0.05, 0) is 51.3 Å². The summed E-state index contributed by atoms with van der Waals surface area (Å²) in [7, 11) is 1.97. The van der Waals surface area contributed by atoms with Crippen LogP contribution >= 0.6 is 12.4 Å². The number of piperidine rings is 1. The van der Waals surface area contributed by atoms with Crippen molar-refractivity contribution in [2.75, 3.05) is 13.1 Å².